The Hall–Kier alpha value is -2.50. The molecule has 1 aromatic heterocycles. The maximum absolute atomic E-state index is 5.35. The zero-order chi connectivity index (χ0) is 15.1. The van der Waals surface area contributed by atoms with Crippen LogP contribution in [0.2, 0.25) is 0 Å². The van der Waals surface area contributed by atoms with Crippen LogP contribution in [0.1, 0.15) is 13.3 Å². The Morgan fingerprint density at radius 1 is 1.10 bits per heavy atom. The number of hydrogen-bond donors (Lipinski definition) is 2. The molecule has 1 heterocycles. The van der Waals surface area contributed by atoms with Crippen LogP contribution in [0.3, 0.4) is 0 Å². The third-order valence-corrected chi connectivity index (χ3v) is 2.86. The molecule has 0 saturated carbocycles. The van der Waals surface area contributed by atoms with Crippen LogP contribution in [0.25, 0.3) is 0 Å². The molecule has 0 spiro atoms. The van der Waals surface area contributed by atoms with Gasteiger partial charge in [-0.3, -0.25) is 4.98 Å². The Balaban J connectivity index is 2.17. The molecule has 2 rings (SSSR count). The molecule has 6 heteroatoms. The fraction of sp³-hybridized carbons (Fsp3) is 0.333. The van der Waals surface area contributed by atoms with Gasteiger partial charge in [0.25, 0.3) is 0 Å². The summed E-state index contributed by atoms with van der Waals surface area (Å²) >= 11 is 0. The van der Waals surface area contributed by atoms with Crippen molar-refractivity contribution in [2.24, 2.45) is 0 Å². The van der Waals surface area contributed by atoms with Crippen LogP contribution < -0.4 is 20.1 Å². The first kappa shape index (κ1) is 14.9. The Morgan fingerprint density at radius 2 is 1.90 bits per heavy atom. The molecule has 0 unspecified atom stereocenters. The zero-order valence-corrected chi connectivity index (χ0v) is 12.5. The van der Waals surface area contributed by atoms with Crippen molar-refractivity contribution < 1.29 is 9.47 Å². The molecule has 0 saturated heterocycles. The summed E-state index contributed by atoms with van der Waals surface area (Å²) in [6, 6.07) is 5.55. The lowest BCUT2D eigenvalue weighted by atomic mass is 10.2. The second-order valence-electron chi connectivity index (χ2n) is 4.41. The summed E-state index contributed by atoms with van der Waals surface area (Å²) in [4.78, 5) is 8.62. The Bertz CT molecular complexity index is 590. The third kappa shape index (κ3) is 3.98. The van der Waals surface area contributed by atoms with Crippen LogP contribution in [0.5, 0.6) is 11.5 Å². The number of anilines is 3. The van der Waals surface area contributed by atoms with Gasteiger partial charge in [-0.15, -0.1) is 0 Å². The first-order valence-corrected chi connectivity index (χ1v) is 6.81. The van der Waals surface area contributed by atoms with Crippen molar-refractivity contribution in [3.05, 3.63) is 30.6 Å². The molecule has 2 aromatic rings. The second kappa shape index (κ2) is 7.33. The van der Waals surface area contributed by atoms with Crippen molar-refractivity contribution >= 4 is 17.3 Å². The molecule has 0 atom stereocenters. The van der Waals surface area contributed by atoms with Crippen molar-refractivity contribution in [1.82, 2.24) is 9.97 Å². The number of nitrogens with zero attached hydrogens (tertiary/aromatic N) is 2. The monoisotopic (exact) mass is 288 g/mol. The highest BCUT2D eigenvalue weighted by Gasteiger charge is 2.06. The van der Waals surface area contributed by atoms with Gasteiger partial charge in [0, 0.05) is 12.6 Å². The van der Waals surface area contributed by atoms with Crippen molar-refractivity contribution in [2.75, 3.05) is 31.4 Å². The van der Waals surface area contributed by atoms with E-state index >= 15 is 0 Å². The minimum Gasteiger partial charge on any atom is -0.497 e. The largest absolute Gasteiger partial charge is 0.497 e. The lowest BCUT2D eigenvalue weighted by molar-refractivity contribution is 0.395. The van der Waals surface area contributed by atoms with Gasteiger partial charge in [0.1, 0.15) is 17.3 Å². The average Bonchev–Trinajstić information content (AvgIpc) is 2.53. The maximum atomic E-state index is 5.35. The van der Waals surface area contributed by atoms with Crippen LogP contribution in [-0.2, 0) is 0 Å². The van der Waals surface area contributed by atoms with Gasteiger partial charge in [0.2, 0.25) is 0 Å². The lowest BCUT2D eigenvalue weighted by Gasteiger charge is -2.12. The van der Waals surface area contributed by atoms with Gasteiger partial charge >= 0.3 is 0 Å². The van der Waals surface area contributed by atoms with Gasteiger partial charge in [0.05, 0.1) is 32.3 Å². The van der Waals surface area contributed by atoms with E-state index in [1.807, 2.05) is 18.2 Å². The van der Waals surface area contributed by atoms with E-state index in [4.69, 9.17) is 9.47 Å². The van der Waals surface area contributed by atoms with Gasteiger partial charge < -0.3 is 20.1 Å². The third-order valence-electron chi connectivity index (χ3n) is 2.86. The van der Waals surface area contributed by atoms with E-state index < -0.39 is 0 Å². The minimum absolute atomic E-state index is 0.652. The van der Waals surface area contributed by atoms with E-state index in [2.05, 4.69) is 27.5 Å². The van der Waals surface area contributed by atoms with Gasteiger partial charge in [-0.05, 0) is 18.6 Å². The predicted octanol–water partition coefficient (Wildman–Crippen LogP) is 3.06. The molecule has 0 amide bonds. The number of benzene rings is 1. The highest BCUT2D eigenvalue weighted by atomic mass is 16.5. The van der Waals surface area contributed by atoms with E-state index in [0.29, 0.717) is 11.6 Å². The smallest absolute Gasteiger partial charge is 0.151 e. The molecule has 112 valence electrons. The molecular formula is C15H20N4O2. The molecule has 1 aromatic carbocycles. The average molecular weight is 288 g/mol. The number of rotatable bonds is 7. The van der Waals surface area contributed by atoms with Crippen LogP contribution in [-0.4, -0.2) is 30.7 Å². The molecule has 0 radical (unpaired) electrons. The first-order valence-electron chi connectivity index (χ1n) is 6.81. The molecule has 0 fully saturated rings. The highest BCUT2D eigenvalue weighted by molar-refractivity contribution is 5.66. The summed E-state index contributed by atoms with van der Waals surface area (Å²) in [6.45, 7) is 2.97. The van der Waals surface area contributed by atoms with Crippen LogP contribution >= 0.6 is 0 Å². The molecule has 6 nitrogen and oxygen atoms in total. The summed E-state index contributed by atoms with van der Waals surface area (Å²) in [5.74, 6) is 2.82. The number of hydrogen-bond acceptors (Lipinski definition) is 6. The van der Waals surface area contributed by atoms with Gasteiger partial charge in [0.15, 0.2) is 5.82 Å². The van der Waals surface area contributed by atoms with E-state index in [0.717, 1.165) is 30.2 Å². The molecule has 21 heavy (non-hydrogen) atoms. The van der Waals surface area contributed by atoms with Crippen LogP contribution in [0.15, 0.2) is 30.6 Å². The van der Waals surface area contributed by atoms with E-state index in [9.17, 15) is 0 Å². The molecule has 0 aliphatic heterocycles. The number of ether oxygens (including phenoxy) is 2. The van der Waals surface area contributed by atoms with Crippen LogP contribution in [0.4, 0.5) is 17.3 Å². The number of aromatic nitrogens is 2. The van der Waals surface area contributed by atoms with Crippen molar-refractivity contribution in [3.8, 4) is 11.5 Å². The predicted molar refractivity (Wildman–Crippen MR) is 83.6 cm³/mol. The standard InChI is InChI=1S/C15H20N4O2/c1-4-7-17-14-9-16-10-15(19-14)18-12-6-5-11(20-2)8-13(12)21-3/h5-6,8-10H,4,7H2,1-3H3,(H2,17,18,19). The molecule has 2 N–H and O–H groups in total. The normalized spacial score (nSPS) is 10.0. The van der Waals surface area contributed by atoms with Crippen molar-refractivity contribution in [2.45, 2.75) is 13.3 Å². The fourth-order valence-electron chi connectivity index (χ4n) is 1.80. The molecule has 0 aliphatic rings. The number of methoxy groups -OCH3 is 2. The quantitative estimate of drug-likeness (QED) is 0.816. The van der Waals surface area contributed by atoms with Gasteiger partial charge in [-0.1, -0.05) is 6.92 Å². The molecule has 0 aliphatic carbocycles. The molecule has 0 bridgehead atoms. The van der Waals surface area contributed by atoms with Crippen LogP contribution in [0, 0.1) is 0 Å². The maximum Gasteiger partial charge on any atom is 0.151 e. The summed E-state index contributed by atoms with van der Waals surface area (Å²) in [5.41, 5.74) is 0.806. The fourth-order valence-corrected chi connectivity index (χ4v) is 1.80. The van der Waals surface area contributed by atoms with Gasteiger partial charge in [-0.2, -0.15) is 0 Å². The summed E-state index contributed by atoms with van der Waals surface area (Å²) < 4.78 is 10.5. The summed E-state index contributed by atoms with van der Waals surface area (Å²) in [5, 5.41) is 6.40. The Labute approximate surface area is 124 Å². The lowest BCUT2D eigenvalue weighted by Crippen LogP contribution is -2.04. The summed E-state index contributed by atoms with van der Waals surface area (Å²) in [6.07, 6.45) is 4.40. The topological polar surface area (TPSA) is 68.3 Å². The van der Waals surface area contributed by atoms with E-state index in [1.165, 1.54) is 0 Å². The second-order valence-corrected chi connectivity index (χ2v) is 4.41. The van der Waals surface area contributed by atoms with Gasteiger partial charge in [-0.25, -0.2) is 4.98 Å². The SMILES string of the molecule is CCCNc1cncc(Nc2ccc(OC)cc2OC)n1. The number of nitrogens with one attached hydrogen (secondary N) is 2. The van der Waals surface area contributed by atoms with Crippen molar-refractivity contribution in [3.63, 3.8) is 0 Å². The van der Waals surface area contributed by atoms with E-state index in [1.54, 1.807) is 26.6 Å². The minimum atomic E-state index is 0.652. The first-order chi connectivity index (χ1) is 10.3. The Morgan fingerprint density at radius 3 is 2.62 bits per heavy atom. The van der Waals surface area contributed by atoms with E-state index in [-0.39, 0.29) is 0 Å². The highest BCUT2D eigenvalue weighted by Crippen LogP contribution is 2.30. The molecular weight excluding hydrogens is 268 g/mol. The van der Waals surface area contributed by atoms with Crippen molar-refractivity contribution in [1.29, 1.82) is 0 Å². The summed E-state index contributed by atoms with van der Waals surface area (Å²) in [7, 11) is 3.24. The zero-order valence-electron chi connectivity index (χ0n) is 12.5. The Kier molecular flexibility index (Phi) is 5.20.